The number of Topliss-reactive ketones (excluding diaryl/α,β-unsaturated/α-hetero) is 1. The normalized spacial score (nSPS) is 15.1. The Morgan fingerprint density at radius 2 is 1.86 bits per heavy atom. The standard InChI is InChI=1S/C18H26O4/c1-15(19)6-7-16-8-10-17(11-9-16)20-12-4-2-3-5-18-21-13-14-22-18/h8-11,18H,2-7,12-14H2,1H3. The minimum Gasteiger partial charge on any atom is -0.494 e. The Kier molecular flexibility index (Phi) is 7.40. The molecule has 4 nitrogen and oxygen atoms in total. The van der Waals surface area contributed by atoms with Gasteiger partial charge in [-0.15, -0.1) is 0 Å². The number of ether oxygens (including phenoxy) is 3. The molecule has 0 aliphatic carbocycles. The molecule has 1 aromatic rings. The average molecular weight is 306 g/mol. The minimum absolute atomic E-state index is 0.0171. The molecule has 1 aromatic carbocycles. The first-order valence-electron chi connectivity index (χ1n) is 8.18. The first kappa shape index (κ1) is 17.0. The van der Waals surface area contributed by atoms with Gasteiger partial charge in [0.05, 0.1) is 19.8 Å². The van der Waals surface area contributed by atoms with E-state index in [0.29, 0.717) is 6.42 Å². The van der Waals surface area contributed by atoms with Gasteiger partial charge in [0.25, 0.3) is 0 Å². The van der Waals surface area contributed by atoms with Gasteiger partial charge in [-0.05, 0) is 56.7 Å². The third-order valence-electron chi connectivity index (χ3n) is 3.73. The van der Waals surface area contributed by atoms with Crippen molar-refractivity contribution in [1.82, 2.24) is 0 Å². The summed E-state index contributed by atoms with van der Waals surface area (Å²) in [6.07, 6.45) is 5.68. The summed E-state index contributed by atoms with van der Waals surface area (Å²) in [5, 5.41) is 0. The summed E-state index contributed by atoms with van der Waals surface area (Å²) in [5.41, 5.74) is 1.18. The fourth-order valence-electron chi connectivity index (χ4n) is 2.43. The molecule has 1 aliphatic heterocycles. The molecule has 0 aromatic heterocycles. The maximum absolute atomic E-state index is 11.0. The van der Waals surface area contributed by atoms with E-state index in [4.69, 9.17) is 14.2 Å². The summed E-state index contributed by atoms with van der Waals surface area (Å²) < 4.78 is 16.5. The van der Waals surface area contributed by atoms with Crippen molar-refractivity contribution in [2.45, 2.75) is 51.7 Å². The van der Waals surface area contributed by atoms with Crippen molar-refractivity contribution in [3.63, 3.8) is 0 Å². The van der Waals surface area contributed by atoms with Crippen LogP contribution in [0.3, 0.4) is 0 Å². The van der Waals surface area contributed by atoms with Crippen molar-refractivity contribution in [3.8, 4) is 5.75 Å². The smallest absolute Gasteiger partial charge is 0.157 e. The van der Waals surface area contributed by atoms with Gasteiger partial charge in [-0.25, -0.2) is 0 Å². The van der Waals surface area contributed by atoms with Crippen LogP contribution in [-0.2, 0) is 20.7 Å². The summed E-state index contributed by atoms with van der Waals surface area (Å²) in [7, 11) is 0. The number of hydrogen-bond acceptors (Lipinski definition) is 4. The SMILES string of the molecule is CC(=O)CCc1ccc(OCCCCCC2OCCO2)cc1. The molecule has 0 atom stereocenters. The Morgan fingerprint density at radius 1 is 1.14 bits per heavy atom. The van der Waals surface area contributed by atoms with E-state index in [0.717, 1.165) is 57.7 Å². The molecule has 1 aliphatic rings. The summed E-state index contributed by atoms with van der Waals surface area (Å²) >= 11 is 0. The largest absolute Gasteiger partial charge is 0.494 e. The highest BCUT2D eigenvalue weighted by Crippen LogP contribution is 2.15. The Bertz CT molecular complexity index is 435. The van der Waals surface area contributed by atoms with E-state index < -0.39 is 0 Å². The number of benzene rings is 1. The van der Waals surface area contributed by atoms with Crippen LogP contribution in [0.15, 0.2) is 24.3 Å². The molecule has 0 unspecified atom stereocenters. The molecule has 0 bridgehead atoms. The van der Waals surface area contributed by atoms with Crippen LogP contribution in [0.1, 0.15) is 44.6 Å². The van der Waals surface area contributed by atoms with E-state index in [-0.39, 0.29) is 12.1 Å². The molecular formula is C18H26O4. The van der Waals surface area contributed by atoms with Crippen molar-refractivity contribution in [1.29, 1.82) is 0 Å². The maximum Gasteiger partial charge on any atom is 0.157 e. The molecule has 1 heterocycles. The second-order valence-electron chi connectivity index (χ2n) is 5.71. The van der Waals surface area contributed by atoms with Crippen LogP contribution in [0.25, 0.3) is 0 Å². The lowest BCUT2D eigenvalue weighted by Gasteiger charge is -2.09. The first-order valence-corrected chi connectivity index (χ1v) is 8.18. The van der Waals surface area contributed by atoms with Crippen LogP contribution < -0.4 is 4.74 Å². The number of aryl methyl sites for hydroxylation is 1. The molecule has 0 spiro atoms. The van der Waals surface area contributed by atoms with Crippen molar-refractivity contribution < 1.29 is 19.0 Å². The fourth-order valence-corrected chi connectivity index (χ4v) is 2.43. The highest BCUT2D eigenvalue weighted by Gasteiger charge is 2.14. The van der Waals surface area contributed by atoms with Crippen molar-refractivity contribution >= 4 is 5.78 Å². The lowest BCUT2D eigenvalue weighted by molar-refractivity contribution is -0.116. The molecule has 0 N–H and O–H groups in total. The predicted molar refractivity (Wildman–Crippen MR) is 85.1 cm³/mol. The quantitative estimate of drug-likeness (QED) is 0.620. The Morgan fingerprint density at radius 3 is 2.55 bits per heavy atom. The van der Waals surface area contributed by atoms with Gasteiger partial charge in [-0.1, -0.05) is 12.1 Å². The van der Waals surface area contributed by atoms with Crippen LogP contribution in [0, 0.1) is 0 Å². The van der Waals surface area contributed by atoms with Crippen LogP contribution in [0.4, 0.5) is 0 Å². The molecule has 1 saturated heterocycles. The summed E-state index contributed by atoms with van der Waals surface area (Å²) in [4.78, 5) is 11.0. The summed E-state index contributed by atoms with van der Waals surface area (Å²) in [5.74, 6) is 1.13. The average Bonchev–Trinajstić information content (AvgIpc) is 3.03. The zero-order valence-electron chi connectivity index (χ0n) is 13.4. The molecule has 22 heavy (non-hydrogen) atoms. The molecule has 2 rings (SSSR count). The number of carbonyl (C=O) groups is 1. The van der Waals surface area contributed by atoms with E-state index in [1.807, 2.05) is 24.3 Å². The number of ketones is 1. The molecule has 0 radical (unpaired) electrons. The highest BCUT2D eigenvalue weighted by atomic mass is 16.7. The molecule has 0 amide bonds. The van der Waals surface area contributed by atoms with Crippen LogP contribution in [0.2, 0.25) is 0 Å². The Hall–Kier alpha value is -1.39. The van der Waals surface area contributed by atoms with E-state index in [1.165, 1.54) is 5.56 Å². The third kappa shape index (κ3) is 6.58. The highest BCUT2D eigenvalue weighted by molar-refractivity contribution is 5.75. The second kappa shape index (κ2) is 9.59. The monoisotopic (exact) mass is 306 g/mol. The first-order chi connectivity index (χ1) is 10.7. The zero-order chi connectivity index (χ0) is 15.6. The van der Waals surface area contributed by atoms with E-state index in [9.17, 15) is 4.79 Å². The number of carbonyl (C=O) groups excluding carboxylic acids is 1. The molecule has 0 saturated carbocycles. The molecule has 122 valence electrons. The number of unbranched alkanes of at least 4 members (excludes halogenated alkanes) is 2. The summed E-state index contributed by atoms with van der Waals surface area (Å²) in [6.45, 7) is 3.83. The van der Waals surface area contributed by atoms with Gasteiger partial charge in [-0.3, -0.25) is 0 Å². The predicted octanol–water partition coefficient (Wildman–Crippen LogP) is 3.52. The van der Waals surface area contributed by atoms with E-state index in [2.05, 4.69) is 0 Å². The molecular weight excluding hydrogens is 280 g/mol. The minimum atomic E-state index is 0.0171. The van der Waals surface area contributed by atoms with Crippen LogP contribution in [0.5, 0.6) is 5.75 Å². The van der Waals surface area contributed by atoms with E-state index in [1.54, 1.807) is 6.92 Å². The van der Waals surface area contributed by atoms with E-state index >= 15 is 0 Å². The van der Waals surface area contributed by atoms with Gasteiger partial charge in [0.2, 0.25) is 0 Å². The van der Waals surface area contributed by atoms with Crippen LogP contribution in [-0.4, -0.2) is 31.9 Å². The number of rotatable bonds is 10. The van der Waals surface area contributed by atoms with Crippen LogP contribution >= 0.6 is 0 Å². The van der Waals surface area contributed by atoms with Gasteiger partial charge in [-0.2, -0.15) is 0 Å². The lowest BCUT2D eigenvalue weighted by Crippen LogP contribution is -2.07. The fraction of sp³-hybridized carbons (Fsp3) is 0.611. The Balaban J connectivity index is 1.53. The molecule has 4 heteroatoms. The zero-order valence-corrected chi connectivity index (χ0v) is 13.4. The van der Waals surface area contributed by atoms with Gasteiger partial charge in [0, 0.05) is 6.42 Å². The van der Waals surface area contributed by atoms with Crippen molar-refractivity contribution in [2.75, 3.05) is 19.8 Å². The number of hydrogen-bond donors (Lipinski definition) is 0. The van der Waals surface area contributed by atoms with Gasteiger partial charge < -0.3 is 19.0 Å². The topological polar surface area (TPSA) is 44.8 Å². The Labute approximate surface area is 132 Å². The van der Waals surface area contributed by atoms with Gasteiger partial charge in [0.15, 0.2) is 6.29 Å². The molecule has 1 fully saturated rings. The van der Waals surface area contributed by atoms with Crippen molar-refractivity contribution in [2.24, 2.45) is 0 Å². The van der Waals surface area contributed by atoms with Crippen molar-refractivity contribution in [3.05, 3.63) is 29.8 Å². The second-order valence-corrected chi connectivity index (χ2v) is 5.71. The third-order valence-corrected chi connectivity index (χ3v) is 3.73. The van der Waals surface area contributed by atoms with Gasteiger partial charge >= 0.3 is 0 Å². The lowest BCUT2D eigenvalue weighted by atomic mass is 10.1. The maximum atomic E-state index is 11.0. The van der Waals surface area contributed by atoms with Gasteiger partial charge in [0.1, 0.15) is 11.5 Å². The summed E-state index contributed by atoms with van der Waals surface area (Å²) in [6, 6.07) is 8.03.